The molecule has 6 heteroatoms. The van der Waals surface area contributed by atoms with E-state index in [1.807, 2.05) is 4.90 Å². The van der Waals surface area contributed by atoms with Crippen molar-refractivity contribution in [2.75, 3.05) is 38.0 Å². The van der Waals surface area contributed by atoms with E-state index >= 15 is 0 Å². The van der Waals surface area contributed by atoms with Crippen LogP contribution in [0.3, 0.4) is 0 Å². The molecule has 1 aliphatic rings. The molecule has 2 heterocycles. The van der Waals surface area contributed by atoms with E-state index in [0.29, 0.717) is 18.9 Å². The van der Waals surface area contributed by atoms with Crippen LogP contribution in [0.5, 0.6) is 0 Å². The van der Waals surface area contributed by atoms with Crippen LogP contribution in [0.15, 0.2) is 79.1 Å². The third-order valence-electron chi connectivity index (χ3n) is 5.45. The van der Waals surface area contributed by atoms with Crippen molar-refractivity contribution in [2.24, 2.45) is 0 Å². The van der Waals surface area contributed by atoms with Gasteiger partial charge in [0, 0.05) is 51.5 Å². The highest BCUT2D eigenvalue weighted by Crippen LogP contribution is 2.29. The van der Waals surface area contributed by atoms with Crippen molar-refractivity contribution in [3.05, 3.63) is 90.3 Å². The molecule has 0 saturated carbocycles. The normalized spacial score (nSPS) is 14.6. The van der Waals surface area contributed by atoms with Crippen LogP contribution in [0, 0.1) is 0 Å². The van der Waals surface area contributed by atoms with E-state index in [-0.39, 0.29) is 11.9 Å². The summed E-state index contributed by atoms with van der Waals surface area (Å²) in [7, 11) is 0. The lowest BCUT2D eigenvalue weighted by Crippen LogP contribution is -2.50. The SMILES string of the molecule is O=C(CCNc1ncccn1)N1CCN(C(c2ccccc2)c2ccccc2)CC1. The molecule has 0 unspecified atom stereocenters. The summed E-state index contributed by atoms with van der Waals surface area (Å²) in [6, 6.07) is 23.2. The Morgan fingerprint density at radius 2 is 1.40 bits per heavy atom. The Kier molecular flexibility index (Phi) is 6.67. The van der Waals surface area contributed by atoms with Crippen LogP contribution in [0.2, 0.25) is 0 Å². The number of aromatic nitrogens is 2. The van der Waals surface area contributed by atoms with Crippen LogP contribution in [-0.4, -0.2) is 58.4 Å². The standard InChI is InChI=1S/C24H27N5O/c30-22(12-15-27-24-25-13-7-14-26-24)28-16-18-29(19-17-28)23(20-8-3-1-4-9-20)21-10-5-2-6-11-21/h1-11,13-14,23H,12,15-19H2,(H,25,26,27). The fourth-order valence-electron chi connectivity index (χ4n) is 3.94. The number of nitrogens with one attached hydrogen (secondary N) is 1. The minimum absolute atomic E-state index is 0.175. The van der Waals surface area contributed by atoms with Crippen LogP contribution in [-0.2, 0) is 4.79 Å². The van der Waals surface area contributed by atoms with Crippen molar-refractivity contribution in [3.63, 3.8) is 0 Å². The molecule has 1 aromatic heterocycles. The molecule has 0 aliphatic carbocycles. The number of amides is 1. The Labute approximate surface area is 177 Å². The number of hydrogen-bond acceptors (Lipinski definition) is 5. The predicted octanol–water partition coefficient (Wildman–Crippen LogP) is 3.21. The quantitative estimate of drug-likeness (QED) is 0.659. The van der Waals surface area contributed by atoms with Gasteiger partial charge < -0.3 is 10.2 Å². The predicted molar refractivity (Wildman–Crippen MR) is 118 cm³/mol. The molecule has 154 valence electrons. The summed E-state index contributed by atoms with van der Waals surface area (Å²) in [5, 5.41) is 3.10. The average Bonchev–Trinajstić information content (AvgIpc) is 2.82. The van der Waals surface area contributed by atoms with Gasteiger partial charge in [0.2, 0.25) is 11.9 Å². The second-order valence-corrected chi connectivity index (χ2v) is 7.39. The Bertz CT molecular complexity index is 873. The molecule has 0 spiro atoms. The zero-order valence-electron chi connectivity index (χ0n) is 17.0. The summed E-state index contributed by atoms with van der Waals surface area (Å²) >= 11 is 0. The van der Waals surface area contributed by atoms with Crippen molar-refractivity contribution in [1.29, 1.82) is 0 Å². The number of anilines is 1. The molecule has 4 rings (SSSR count). The van der Waals surface area contributed by atoms with E-state index in [4.69, 9.17) is 0 Å². The van der Waals surface area contributed by atoms with Crippen LogP contribution in [0.1, 0.15) is 23.6 Å². The van der Waals surface area contributed by atoms with Gasteiger partial charge in [-0.3, -0.25) is 9.69 Å². The molecular formula is C24H27N5O. The molecule has 6 nitrogen and oxygen atoms in total. The fourth-order valence-corrected chi connectivity index (χ4v) is 3.94. The molecule has 1 saturated heterocycles. The van der Waals surface area contributed by atoms with Gasteiger partial charge in [-0.1, -0.05) is 60.7 Å². The molecule has 30 heavy (non-hydrogen) atoms. The van der Waals surface area contributed by atoms with Crippen molar-refractivity contribution in [3.8, 4) is 0 Å². The zero-order chi connectivity index (χ0) is 20.6. The second-order valence-electron chi connectivity index (χ2n) is 7.39. The van der Waals surface area contributed by atoms with Gasteiger partial charge in [-0.05, 0) is 17.2 Å². The zero-order valence-corrected chi connectivity index (χ0v) is 17.0. The number of nitrogens with zero attached hydrogens (tertiary/aromatic N) is 4. The molecule has 0 radical (unpaired) electrons. The molecule has 0 atom stereocenters. The van der Waals surface area contributed by atoms with Gasteiger partial charge in [0.15, 0.2) is 0 Å². The first-order valence-corrected chi connectivity index (χ1v) is 10.4. The summed E-state index contributed by atoms with van der Waals surface area (Å²) in [4.78, 5) is 25.3. The molecule has 3 aromatic rings. The molecule has 1 N–H and O–H groups in total. The van der Waals surface area contributed by atoms with Crippen molar-refractivity contribution in [1.82, 2.24) is 19.8 Å². The molecule has 2 aromatic carbocycles. The number of piperazine rings is 1. The van der Waals surface area contributed by atoms with Crippen molar-refractivity contribution in [2.45, 2.75) is 12.5 Å². The van der Waals surface area contributed by atoms with Crippen LogP contribution < -0.4 is 5.32 Å². The van der Waals surface area contributed by atoms with Gasteiger partial charge in [0.25, 0.3) is 0 Å². The van der Waals surface area contributed by atoms with E-state index in [1.165, 1.54) is 11.1 Å². The highest BCUT2D eigenvalue weighted by molar-refractivity contribution is 5.76. The fraction of sp³-hybridized carbons (Fsp3) is 0.292. The van der Waals surface area contributed by atoms with E-state index in [0.717, 1.165) is 26.2 Å². The third kappa shape index (κ3) is 5.02. The van der Waals surface area contributed by atoms with Gasteiger partial charge in [0.05, 0.1) is 6.04 Å². The van der Waals surface area contributed by atoms with Gasteiger partial charge in [-0.25, -0.2) is 9.97 Å². The van der Waals surface area contributed by atoms with Crippen molar-refractivity contribution >= 4 is 11.9 Å². The van der Waals surface area contributed by atoms with E-state index in [1.54, 1.807) is 18.5 Å². The van der Waals surface area contributed by atoms with E-state index in [2.05, 4.69) is 80.8 Å². The third-order valence-corrected chi connectivity index (χ3v) is 5.45. The Morgan fingerprint density at radius 1 is 0.833 bits per heavy atom. The molecule has 1 fully saturated rings. The minimum Gasteiger partial charge on any atom is -0.354 e. The van der Waals surface area contributed by atoms with Crippen LogP contribution in [0.25, 0.3) is 0 Å². The largest absolute Gasteiger partial charge is 0.354 e. The highest BCUT2D eigenvalue weighted by atomic mass is 16.2. The maximum Gasteiger partial charge on any atom is 0.224 e. The summed E-state index contributed by atoms with van der Waals surface area (Å²) in [5.74, 6) is 0.734. The highest BCUT2D eigenvalue weighted by Gasteiger charge is 2.27. The van der Waals surface area contributed by atoms with Crippen molar-refractivity contribution < 1.29 is 4.79 Å². The van der Waals surface area contributed by atoms with Gasteiger partial charge in [-0.2, -0.15) is 0 Å². The maximum atomic E-state index is 12.6. The van der Waals surface area contributed by atoms with Crippen LogP contribution in [0.4, 0.5) is 5.95 Å². The maximum absolute atomic E-state index is 12.6. The minimum atomic E-state index is 0.175. The summed E-state index contributed by atoms with van der Waals surface area (Å²) in [5.41, 5.74) is 2.58. The Balaban J connectivity index is 1.34. The molecule has 1 amide bonds. The van der Waals surface area contributed by atoms with Gasteiger partial charge in [-0.15, -0.1) is 0 Å². The van der Waals surface area contributed by atoms with Gasteiger partial charge >= 0.3 is 0 Å². The number of carbonyl (C=O) groups is 1. The van der Waals surface area contributed by atoms with Gasteiger partial charge in [0.1, 0.15) is 0 Å². The summed E-state index contributed by atoms with van der Waals surface area (Å²) < 4.78 is 0. The smallest absolute Gasteiger partial charge is 0.224 e. The number of benzene rings is 2. The first-order chi connectivity index (χ1) is 14.8. The topological polar surface area (TPSA) is 61.4 Å². The Hall–Kier alpha value is -3.25. The van der Waals surface area contributed by atoms with E-state index in [9.17, 15) is 4.79 Å². The lowest BCUT2D eigenvalue weighted by atomic mass is 9.96. The van der Waals surface area contributed by atoms with E-state index < -0.39 is 0 Å². The monoisotopic (exact) mass is 401 g/mol. The number of carbonyl (C=O) groups excluding carboxylic acids is 1. The second kappa shape index (κ2) is 9.98. The molecular weight excluding hydrogens is 374 g/mol. The Morgan fingerprint density at radius 3 is 1.97 bits per heavy atom. The lowest BCUT2D eigenvalue weighted by Gasteiger charge is -2.40. The summed E-state index contributed by atoms with van der Waals surface area (Å²) in [6.07, 6.45) is 3.82. The summed E-state index contributed by atoms with van der Waals surface area (Å²) in [6.45, 7) is 3.75. The lowest BCUT2D eigenvalue weighted by molar-refractivity contribution is -0.132. The average molecular weight is 402 g/mol. The van der Waals surface area contributed by atoms with Crippen LogP contribution >= 0.6 is 0 Å². The molecule has 1 aliphatic heterocycles. The number of rotatable bonds is 7. The first-order valence-electron chi connectivity index (χ1n) is 10.4. The molecule has 0 bridgehead atoms. The number of hydrogen-bond donors (Lipinski definition) is 1. The first kappa shape index (κ1) is 20.0.